The molecule has 0 aliphatic rings. The molecule has 0 saturated carbocycles. The first-order valence-corrected chi connectivity index (χ1v) is 5.89. The number of carboxylic acids is 1. The summed E-state index contributed by atoms with van der Waals surface area (Å²) in [6, 6.07) is 0. The molecule has 18 heavy (non-hydrogen) atoms. The molecule has 1 amide bonds. The van der Waals surface area contributed by atoms with Crippen LogP contribution < -0.4 is 5.32 Å². The molecule has 0 atom stereocenters. The Morgan fingerprint density at radius 1 is 1.44 bits per heavy atom. The number of ether oxygens (including phenoxy) is 2. The molecule has 0 aliphatic heterocycles. The largest absolute Gasteiger partial charge is 0.478 e. The van der Waals surface area contributed by atoms with E-state index in [-0.39, 0.29) is 17.2 Å². The molecule has 1 aromatic heterocycles. The third kappa shape index (κ3) is 4.06. The second-order valence-corrected chi connectivity index (χ2v) is 4.14. The average molecular weight is 274 g/mol. The monoisotopic (exact) mass is 274 g/mol. The molecule has 7 nitrogen and oxygen atoms in total. The van der Waals surface area contributed by atoms with Crippen LogP contribution in [-0.2, 0) is 14.3 Å². The second kappa shape index (κ2) is 7.04. The number of carboxylic acid groups (broad SMARTS) is 1. The summed E-state index contributed by atoms with van der Waals surface area (Å²) in [7, 11) is 1.53. The standard InChI is InChI=1S/C10H14N2O5S/c1-6-8(10(14)15)9(18-12-6)11-7(13)5-17-4-3-16-2/h3-5H2,1-2H3,(H,11,13)(H,14,15). The van der Waals surface area contributed by atoms with Crippen LogP contribution >= 0.6 is 11.5 Å². The summed E-state index contributed by atoms with van der Waals surface area (Å²) in [5, 5.41) is 11.6. The van der Waals surface area contributed by atoms with Gasteiger partial charge in [-0.05, 0) is 18.5 Å². The lowest BCUT2D eigenvalue weighted by atomic mass is 10.2. The summed E-state index contributed by atoms with van der Waals surface area (Å²) in [4.78, 5) is 22.4. The molecule has 2 N–H and O–H groups in total. The van der Waals surface area contributed by atoms with Crippen molar-refractivity contribution in [2.45, 2.75) is 6.92 Å². The van der Waals surface area contributed by atoms with Gasteiger partial charge in [-0.3, -0.25) is 4.79 Å². The molecule has 0 spiro atoms. The van der Waals surface area contributed by atoms with Crippen molar-refractivity contribution in [2.24, 2.45) is 0 Å². The number of aromatic carboxylic acids is 1. The molecule has 8 heteroatoms. The lowest BCUT2D eigenvalue weighted by molar-refractivity contribution is -0.121. The van der Waals surface area contributed by atoms with Crippen LogP contribution in [0.5, 0.6) is 0 Å². The zero-order valence-corrected chi connectivity index (χ0v) is 10.9. The van der Waals surface area contributed by atoms with E-state index in [0.717, 1.165) is 11.5 Å². The highest BCUT2D eigenvalue weighted by Gasteiger charge is 2.19. The lowest BCUT2D eigenvalue weighted by Crippen LogP contribution is -2.20. The Morgan fingerprint density at radius 3 is 2.78 bits per heavy atom. The highest BCUT2D eigenvalue weighted by Crippen LogP contribution is 2.24. The molecule has 0 bridgehead atoms. The molecule has 0 fully saturated rings. The van der Waals surface area contributed by atoms with Crippen LogP contribution in [-0.4, -0.2) is 48.3 Å². The smallest absolute Gasteiger partial charge is 0.340 e. The van der Waals surface area contributed by atoms with E-state index in [2.05, 4.69) is 9.69 Å². The number of anilines is 1. The second-order valence-electron chi connectivity index (χ2n) is 3.37. The third-order valence-corrected chi connectivity index (χ3v) is 2.85. The number of methoxy groups -OCH3 is 1. The zero-order chi connectivity index (χ0) is 13.5. The maximum Gasteiger partial charge on any atom is 0.340 e. The van der Waals surface area contributed by atoms with Crippen LogP contribution in [0.4, 0.5) is 5.00 Å². The maximum atomic E-state index is 11.5. The number of carbonyl (C=O) groups is 2. The number of aromatic nitrogens is 1. The number of aryl methyl sites for hydroxylation is 1. The van der Waals surface area contributed by atoms with Crippen molar-refractivity contribution in [3.8, 4) is 0 Å². The number of nitrogens with zero attached hydrogens (tertiary/aromatic N) is 1. The molecular weight excluding hydrogens is 260 g/mol. The van der Waals surface area contributed by atoms with Gasteiger partial charge in [0, 0.05) is 7.11 Å². The van der Waals surface area contributed by atoms with Gasteiger partial charge in [0.15, 0.2) is 0 Å². The Hall–Kier alpha value is -1.51. The fraction of sp³-hybridized carbons (Fsp3) is 0.500. The first-order valence-electron chi connectivity index (χ1n) is 5.12. The summed E-state index contributed by atoms with van der Waals surface area (Å²) in [5.74, 6) is -1.53. The molecule has 0 aliphatic carbocycles. The minimum atomic E-state index is -1.11. The molecule has 0 saturated heterocycles. The predicted octanol–water partition coefficient (Wildman–Crippen LogP) is 0.751. The van der Waals surface area contributed by atoms with Gasteiger partial charge in [0.25, 0.3) is 5.91 Å². The van der Waals surface area contributed by atoms with Crippen LogP contribution in [0.1, 0.15) is 16.1 Å². The fourth-order valence-electron chi connectivity index (χ4n) is 1.18. The van der Waals surface area contributed by atoms with Crippen LogP contribution in [0.25, 0.3) is 0 Å². The molecule has 1 rings (SSSR count). The average Bonchev–Trinajstić information content (AvgIpc) is 2.66. The van der Waals surface area contributed by atoms with Crippen molar-refractivity contribution < 1.29 is 24.2 Å². The first kappa shape index (κ1) is 14.6. The molecule has 100 valence electrons. The molecule has 1 aromatic rings. The normalized spacial score (nSPS) is 10.3. The summed E-state index contributed by atoms with van der Waals surface area (Å²) in [6.45, 7) is 2.12. The van der Waals surface area contributed by atoms with Gasteiger partial charge >= 0.3 is 5.97 Å². The number of hydrogen-bond acceptors (Lipinski definition) is 6. The van der Waals surface area contributed by atoms with Crippen molar-refractivity contribution in [1.29, 1.82) is 0 Å². The van der Waals surface area contributed by atoms with Gasteiger partial charge < -0.3 is 19.9 Å². The van der Waals surface area contributed by atoms with E-state index in [1.165, 1.54) is 7.11 Å². The van der Waals surface area contributed by atoms with E-state index in [1.54, 1.807) is 6.92 Å². The molecular formula is C10H14N2O5S. The lowest BCUT2D eigenvalue weighted by Gasteiger charge is -2.04. The van der Waals surface area contributed by atoms with Crippen molar-refractivity contribution in [3.63, 3.8) is 0 Å². The van der Waals surface area contributed by atoms with E-state index in [4.69, 9.17) is 14.6 Å². The van der Waals surface area contributed by atoms with Crippen molar-refractivity contribution in [3.05, 3.63) is 11.3 Å². The minimum Gasteiger partial charge on any atom is -0.478 e. The minimum absolute atomic E-state index is 0.0187. The molecule has 1 heterocycles. The molecule has 0 aromatic carbocycles. The van der Waals surface area contributed by atoms with Crippen LogP contribution in [0.15, 0.2) is 0 Å². The van der Waals surface area contributed by atoms with E-state index in [1.807, 2.05) is 0 Å². The fourth-order valence-corrected chi connectivity index (χ4v) is 1.98. The number of nitrogens with one attached hydrogen (secondary N) is 1. The highest BCUT2D eigenvalue weighted by molar-refractivity contribution is 7.11. The van der Waals surface area contributed by atoms with E-state index < -0.39 is 11.9 Å². The molecule has 0 radical (unpaired) electrons. The number of carbonyl (C=O) groups excluding carboxylic acids is 1. The Bertz CT molecular complexity index is 432. The topological polar surface area (TPSA) is 97.8 Å². The Balaban J connectivity index is 2.52. The van der Waals surface area contributed by atoms with Gasteiger partial charge in [0.05, 0.1) is 18.9 Å². The quantitative estimate of drug-likeness (QED) is 0.712. The van der Waals surface area contributed by atoms with Gasteiger partial charge in [-0.25, -0.2) is 4.79 Å². The Labute approximate surface area is 108 Å². The van der Waals surface area contributed by atoms with Gasteiger partial charge in [0.1, 0.15) is 17.2 Å². The van der Waals surface area contributed by atoms with Crippen LogP contribution in [0.2, 0.25) is 0 Å². The Kier molecular flexibility index (Phi) is 5.69. The van der Waals surface area contributed by atoms with Crippen LogP contribution in [0.3, 0.4) is 0 Å². The van der Waals surface area contributed by atoms with Crippen molar-refractivity contribution in [1.82, 2.24) is 4.37 Å². The number of hydrogen-bond donors (Lipinski definition) is 2. The first-order chi connectivity index (χ1) is 8.56. The molecule has 0 unspecified atom stereocenters. The SMILES string of the molecule is COCCOCC(=O)Nc1snc(C)c1C(=O)O. The summed E-state index contributed by atoms with van der Waals surface area (Å²) < 4.78 is 13.7. The summed E-state index contributed by atoms with van der Waals surface area (Å²) >= 11 is 0.934. The summed E-state index contributed by atoms with van der Waals surface area (Å²) in [5.41, 5.74) is 0.397. The van der Waals surface area contributed by atoms with E-state index >= 15 is 0 Å². The van der Waals surface area contributed by atoms with E-state index in [9.17, 15) is 9.59 Å². The Morgan fingerprint density at radius 2 is 2.17 bits per heavy atom. The van der Waals surface area contributed by atoms with Gasteiger partial charge in [-0.1, -0.05) is 0 Å². The van der Waals surface area contributed by atoms with Gasteiger partial charge in [0.2, 0.25) is 0 Å². The van der Waals surface area contributed by atoms with Crippen molar-refractivity contribution >= 4 is 28.4 Å². The van der Waals surface area contributed by atoms with Gasteiger partial charge in [-0.15, -0.1) is 0 Å². The predicted molar refractivity (Wildman–Crippen MR) is 65.1 cm³/mol. The summed E-state index contributed by atoms with van der Waals surface area (Å²) in [6.07, 6.45) is 0. The third-order valence-electron chi connectivity index (χ3n) is 1.99. The van der Waals surface area contributed by atoms with Crippen molar-refractivity contribution in [2.75, 3.05) is 32.2 Å². The number of rotatable bonds is 7. The van der Waals surface area contributed by atoms with Gasteiger partial charge in [-0.2, -0.15) is 4.37 Å². The maximum absolute atomic E-state index is 11.5. The zero-order valence-electron chi connectivity index (χ0n) is 10.1. The van der Waals surface area contributed by atoms with E-state index in [0.29, 0.717) is 18.9 Å². The highest BCUT2D eigenvalue weighted by atomic mass is 32.1. The number of amides is 1. The van der Waals surface area contributed by atoms with Crippen LogP contribution in [0, 0.1) is 6.92 Å².